The maximum Gasteiger partial charge on any atom is 0.300 e. The number of carbonyl (C=O) groups excluding carboxylic acids is 2. The fourth-order valence-electron chi connectivity index (χ4n) is 3.67. The Bertz CT molecular complexity index is 1090. The van der Waals surface area contributed by atoms with E-state index < -0.39 is 17.7 Å². The fraction of sp³-hybridized carbons (Fsp3) is 0.120. The predicted octanol–water partition coefficient (Wildman–Crippen LogP) is 4.71. The van der Waals surface area contributed by atoms with Gasteiger partial charge in [0.2, 0.25) is 0 Å². The van der Waals surface area contributed by atoms with E-state index in [0.717, 1.165) is 5.56 Å². The Labute approximate surface area is 174 Å². The molecule has 0 aliphatic carbocycles. The maximum absolute atomic E-state index is 13.0. The summed E-state index contributed by atoms with van der Waals surface area (Å²) >= 11 is 0. The summed E-state index contributed by atoms with van der Waals surface area (Å²) in [4.78, 5) is 27.5. The molecule has 5 nitrogen and oxygen atoms in total. The van der Waals surface area contributed by atoms with E-state index in [4.69, 9.17) is 4.74 Å². The van der Waals surface area contributed by atoms with Crippen LogP contribution in [0.1, 0.15) is 24.1 Å². The molecule has 30 heavy (non-hydrogen) atoms. The highest BCUT2D eigenvalue weighted by Crippen LogP contribution is 2.42. The molecule has 1 aliphatic heterocycles. The molecule has 3 aromatic rings. The molecule has 0 saturated carbocycles. The van der Waals surface area contributed by atoms with Crippen molar-refractivity contribution < 1.29 is 19.4 Å². The highest BCUT2D eigenvalue weighted by atomic mass is 16.5. The van der Waals surface area contributed by atoms with E-state index in [9.17, 15) is 14.7 Å². The minimum absolute atomic E-state index is 0.0753. The second-order valence-corrected chi connectivity index (χ2v) is 6.87. The monoisotopic (exact) mass is 399 g/mol. The number of rotatable bonds is 5. The van der Waals surface area contributed by atoms with Crippen molar-refractivity contribution in [2.45, 2.75) is 13.0 Å². The van der Waals surface area contributed by atoms with Gasteiger partial charge in [0.1, 0.15) is 11.5 Å². The Morgan fingerprint density at radius 1 is 0.900 bits per heavy atom. The third-order valence-corrected chi connectivity index (χ3v) is 5.03. The number of ketones is 1. The summed E-state index contributed by atoms with van der Waals surface area (Å²) < 4.78 is 5.48. The van der Waals surface area contributed by atoms with E-state index in [1.807, 2.05) is 43.3 Å². The van der Waals surface area contributed by atoms with Crippen LogP contribution in [-0.4, -0.2) is 23.4 Å². The number of anilines is 1. The van der Waals surface area contributed by atoms with Gasteiger partial charge in [-0.3, -0.25) is 14.5 Å². The van der Waals surface area contributed by atoms with Crippen LogP contribution < -0.4 is 9.64 Å². The molecule has 1 saturated heterocycles. The molecule has 4 rings (SSSR count). The lowest BCUT2D eigenvalue weighted by atomic mass is 9.95. The van der Waals surface area contributed by atoms with Gasteiger partial charge in [-0.15, -0.1) is 0 Å². The number of hydrogen-bond acceptors (Lipinski definition) is 4. The molecule has 1 aliphatic rings. The number of benzene rings is 3. The summed E-state index contributed by atoms with van der Waals surface area (Å²) in [5.41, 5.74) is 1.86. The van der Waals surface area contributed by atoms with Gasteiger partial charge in [-0.2, -0.15) is 0 Å². The third kappa shape index (κ3) is 3.46. The van der Waals surface area contributed by atoms with Gasteiger partial charge in [-0.25, -0.2) is 0 Å². The van der Waals surface area contributed by atoms with Gasteiger partial charge >= 0.3 is 0 Å². The molecular formula is C25H21NO4. The average molecular weight is 399 g/mol. The Balaban J connectivity index is 1.87. The predicted molar refractivity (Wildman–Crippen MR) is 115 cm³/mol. The van der Waals surface area contributed by atoms with E-state index in [2.05, 4.69) is 0 Å². The zero-order valence-corrected chi connectivity index (χ0v) is 16.5. The van der Waals surface area contributed by atoms with E-state index in [1.54, 1.807) is 48.5 Å². The molecule has 150 valence electrons. The van der Waals surface area contributed by atoms with E-state index in [1.165, 1.54) is 4.90 Å². The minimum Gasteiger partial charge on any atom is -0.507 e. The fourth-order valence-corrected chi connectivity index (χ4v) is 3.67. The first-order chi connectivity index (χ1) is 14.6. The first-order valence-electron chi connectivity index (χ1n) is 9.76. The molecule has 3 aromatic carbocycles. The molecule has 1 amide bonds. The van der Waals surface area contributed by atoms with Gasteiger partial charge < -0.3 is 9.84 Å². The number of aliphatic hydroxyl groups is 1. The van der Waals surface area contributed by atoms with Crippen LogP contribution in [-0.2, 0) is 9.59 Å². The zero-order valence-electron chi connectivity index (χ0n) is 16.5. The summed E-state index contributed by atoms with van der Waals surface area (Å²) in [6.07, 6.45) is 0. The van der Waals surface area contributed by atoms with E-state index in [0.29, 0.717) is 23.6 Å². The molecule has 1 unspecified atom stereocenters. The van der Waals surface area contributed by atoms with Gasteiger partial charge in [0.25, 0.3) is 11.7 Å². The van der Waals surface area contributed by atoms with Crippen molar-refractivity contribution in [3.05, 3.63) is 102 Å². The van der Waals surface area contributed by atoms with Crippen molar-refractivity contribution in [2.24, 2.45) is 0 Å². The summed E-state index contributed by atoms with van der Waals surface area (Å²) in [5.74, 6) is -0.890. The Hall–Kier alpha value is -3.86. The van der Waals surface area contributed by atoms with Gasteiger partial charge in [0.05, 0.1) is 18.2 Å². The number of ether oxygens (including phenoxy) is 1. The lowest BCUT2D eigenvalue weighted by molar-refractivity contribution is -0.132. The summed E-state index contributed by atoms with van der Waals surface area (Å²) in [5, 5.41) is 11.0. The van der Waals surface area contributed by atoms with Crippen LogP contribution in [0.4, 0.5) is 5.69 Å². The SMILES string of the molecule is CCOc1ccc(N2C(=O)C(=O)C(=C(O)c3ccccc3)C2c2ccccc2)cc1. The third-order valence-electron chi connectivity index (χ3n) is 5.03. The van der Waals surface area contributed by atoms with Crippen molar-refractivity contribution in [3.63, 3.8) is 0 Å². The smallest absolute Gasteiger partial charge is 0.300 e. The highest BCUT2D eigenvalue weighted by Gasteiger charge is 2.46. The highest BCUT2D eigenvalue weighted by molar-refractivity contribution is 6.51. The second kappa shape index (κ2) is 8.25. The summed E-state index contributed by atoms with van der Waals surface area (Å²) in [6.45, 7) is 2.43. The average Bonchev–Trinajstić information content (AvgIpc) is 3.06. The van der Waals surface area contributed by atoms with Crippen molar-refractivity contribution in [1.29, 1.82) is 0 Å². The summed E-state index contributed by atoms with van der Waals surface area (Å²) in [6, 6.07) is 24.3. The second-order valence-electron chi connectivity index (χ2n) is 6.87. The van der Waals surface area contributed by atoms with Crippen LogP contribution in [0.2, 0.25) is 0 Å². The molecule has 1 atom stereocenters. The number of carbonyl (C=O) groups is 2. The first-order valence-corrected chi connectivity index (χ1v) is 9.76. The topological polar surface area (TPSA) is 66.8 Å². The Morgan fingerprint density at radius 3 is 2.10 bits per heavy atom. The minimum atomic E-state index is -0.732. The van der Waals surface area contributed by atoms with Crippen LogP contribution in [0.15, 0.2) is 90.5 Å². The Morgan fingerprint density at radius 2 is 1.50 bits per heavy atom. The molecule has 0 bridgehead atoms. The van der Waals surface area contributed by atoms with Crippen molar-refractivity contribution in [2.75, 3.05) is 11.5 Å². The zero-order chi connectivity index (χ0) is 21.1. The van der Waals surface area contributed by atoms with Gasteiger partial charge in [-0.1, -0.05) is 60.7 Å². The van der Waals surface area contributed by atoms with Crippen LogP contribution >= 0.6 is 0 Å². The Kier molecular flexibility index (Phi) is 5.35. The standard InChI is InChI=1S/C25H21NO4/c1-2-30-20-15-13-19(14-16-20)26-22(17-9-5-3-6-10-17)21(24(28)25(26)29)23(27)18-11-7-4-8-12-18/h3-16,22,27H,2H2,1H3. The molecular weight excluding hydrogens is 378 g/mol. The lowest BCUT2D eigenvalue weighted by Crippen LogP contribution is -2.29. The van der Waals surface area contributed by atoms with Gasteiger partial charge in [0.15, 0.2) is 0 Å². The van der Waals surface area contributed by atoms with E-state index >= 15 is 0 Å². The van der Waals surface area contributed by atoms with Crippen LogP contribution in [0, 0.1) is 0 Å². The van der Waals surface area contributed by atoms with E-state index in [-0.39, 0.29) is 11.3 Å². The number of nitrogens with zero attached hydrogens (tertiary/aromatic N) is 1. The molecule has 5 heteroatoms. The molecule has 1 N–H and O–H groups in total. The maximum atomic E-state index is 13.0. The largest absolute Gasteiger partial charge is 0.507 e. The number of hydrogen-bond donors (Lipinski definition) is 1. The molecule has 0 aromatic heterocycles. The van der Waals surface area contributed by atoms with Crippen molar-refractivity contribution in [1.82, 2.24) is 0 Å². The number of aliphatic hydroxyl groups excluding tert-OH is 1. The van der Waals surface area contributed by atoms with Gasteiger partial charge in [0, 0.05) is 11.3 Å². The molecule has 1 fully saturated rings. The van der Waals surface area contributed by atoms with Crippen LogP contribution in [0.5, 0.6) is 5.75 Å². The molecule has 0 spiro atoms. The van der Waals surface area contributed by atoms with Crippen LogP contribution in [0.3, 0.4) is 0 Å². The molecule has 1 heterocycles. The number of Topliss-reactive ketones (excluding diaryl/α,β-unsaturated/α-hetero) is 1. The van der Waals surface area contributed by atoms with Crippen molar-refractivity contribution >= 4 is 23.1 Å². The lowest BCUT2D eigenvalue weighted by Gasteiger charge is -2.25. The van der Waals surface area contributed by atoms with Gasteiger partial charge in [-0.05, 0) is 36.8 Å². The first kappa shape index (κ1) is 19.5. The molecule has 0 radical (unpaired) electrons. The number of amides is 1. The normalized spacial score (nSPS) is 17.9. The van der Waals surface area contributed by atoms with Crippen molar-refractivity contribution in [3.8, 4) is 5.75 Å². The quantitative estimate of drug-likeness (QED) is 0.383. The summed E-state index contributed by atoms with van der Waals surface area (Å²) in [7, 11) is 0. The van der Waals surface area contributed by atoms with Crippen LogP contribution in [0.25, 0.3) is 5.76 Å².